The average Bonchev–Trinajstić information content (AvgIpc) is 3.16. The van der Waals surface area contributed by atoms with Gasteiger partial charge in [-0.25, -0.2) is 0 Å². The van der Waals surface area contributed by atoms with Crippen LogP contribution in [0, 0.1) is 13.8 Å². The Kier molecular flexibility index (Phi) is 4.23. The summed E-state index contributed by atoms with van der Waals surface area (Å²) < 4.78 is 7.42. The lowest BCUT2D eigenvalue weighted by atomic mass is 9.91. The maximum Gasteiger partial charge on any atom is 0.240 e. The monoisotopic (exact) mass is 351 g/mol. The van der Waals surface area contributed by atoms with Gasteiger partial charge in [0.25, 0.3) is 0 Å². The summed E-state index contributed by atoms with van der Waals surface area (Å²) in [6, 6.07) is 10.2. The first kappa shape index (κ1) is 16.8. The Morgan fingerprint density at radius 1 is 1.27 bits per heavy atom. The van der Waals surface area contributed by atoms with Gasteiger partial charge < -0.3 is 19.6 Å². The summed E-state index contributed by atoms with van der Waals surface area (Å²) in [5.74, 6) is 0.922. The van der Waals surface area contributed by atoms with Crippen LogP contribution in [0.25, 0.3) is 10.9 Å². The molecule has 0 bridgehead atoms. The number of benzene rings is 1. The number of methoxy groups -OCH3 is 1. The zero-order valence-electron chi connectivity index (χ0n) is 15.6. The predicted molar refractivity (Wildman–Crippen MR) is 103 cm³/mol. The summed E-state index contributed by atoms with van der Waals surface area (Å²) in [6.07, 6.45) is 3.07. The van der Waals surface area contributed by atoms with Crippen molar-refractivity contribution in [1.29, 1.82) is 0 Å². The van der Waals surface area contributed by atoms with E-state index in [0.29, 0.717) is 6.54 Å². The van der Waals surface area contributed by atoms with Gasteiger partial charge in [-0.3, -0.25) is 4.79 Å². The molecule has 26 heavy (non-hydrogen) atoms. The van der Waals surface area contributed by atoms with Crippen molar-refractivity contribution in [3.63, 3.8) is 0 Å². The Bertz CT molecular complexity index is 948. The SMILES string of the molecule is COc1ccc2[nH]c3c(c2c1)CCC[C@@H]3NC(=O)Cn1c(C)ccc1C. The molecule has 1 aromatic carbocycles. The van der Waals surface area contributed by atoms with Crippen molar-refractivity contribution in [3.05, 3.63) is 53.0 Å². The van der Waals surface area contributed by atoms with Crippen molar-refractivity contribution in [1.82, 2.24) is 14.9 Å². The standard InChI is InChI=1S/C21H25N3O2/c1-13-7-8-14(2)24(13)12-20(25)22-19-6-4-5-16-17-11-15(26-3)9-10-18(17)23-21(16)19/h7-11,19,23H,4-6,12H2,1-3H3,(H,22,25)/t19-/m0/s1. The van der Waals surface area contributed by atoms with Gasteiger partial charge in [-0.15, -0.1) is 0 Å². The molecule has 1 aliphatic carbocycles. The third kappa shape index (κ3) is 2.87. The number of amides is 1. The number of nitrogens with zero attached hydrogens (tertiary/aromatic N) is 1. The number of rotatable bonds is 4. The van der Waals surface area contributed by atoms with Crippen molar-refractivity contribution < 1.29 is 9.53 Å². The molecule has 4 rings (SSSR count). The second kappa shape index (κ2) is 6.56. The van der Waals surface area contributed by atoms with Gasteiger partial charge in [-0.1, -0.05) is 0 Å². The van der Waals surface area contributed by atoms with E-state index in [1.807, 2.05) is 32.0 Å². The molecule has 0 fully saturated rings. The number of hydrogen-bond donors (Lipinski definition) is 2. The first-order valence-corrected chi connectivity index (χ1v) is 9.17. The highest BCUT2D eigenvalue weighted by Crippen LogP contribution is 2.36. The number of carbonyl (C=O) groups is 1. The number of ether oxygens (including phenoxy) is 1. The van der Waals surface area contributed by atoms with Gasteiger partial charge in [-0.2, -0.15) is 0 Å². The van der Waals surface area contributed by atoms with Gasteiger partial charge >= 0.3 is 0 Å². The van der Waals surface area contributed by atoms with Crippen LogP contribution in [-0.4, -0.2) is 22.6 Å². The maximum absolute atomic E-state index is 12.6. The van der Waals surface area contributed by atoms with E-state index in [1.54, 1.807) is 7.11 Å². The zero-order chi connectivity index (χ0) is 18.3. The molecule has 3 aromatic rings. The van der Waals surface area contributed by atoms with Gasteiger partial charge in [-0.05, 0) is 69.0 Å². The lowest BCUT2D eigenvalue weighted by molar-refractivity contribution is -0.122. The lowest BCUT2D eigenvalue weighted by Gasteiger charge is -2.24. The van der Waals surface area contributed by atoms with Crippen LogP contribution in [0.3, 0.4) is 0 Å². The Labute approximate surface area is 153 Å². The highest BCUT2D eigenvalue weighted by atomic mass is 16.5. The fraction of sp³-hybridized carbons (Fsp3) is 0.381. The number of aromatic amines is 1. The molecule has 0 saturated heterocycles. The second-order valence-corrected chi connectivity index (χ2v) is 7.14. The van der Waals surface area contributed by atoms with E-state index in [1.165, 1.54) is 10.9 Å². The molecular formula is C21H25N3O2. The topological polar surface area (TPSA) is 59.0 Å². The summed E-state index contributed by atoms with van der Waals surface area (Å²) in [5.41, 5.74) is 5.78. The number of carbonyl (C=O) groups excluding carboxylic acids is 1. The molecule has 5 heteroatoms. The Morgan fingerprint density at radius 2 is 2.04 bits per heavy atom. The molecule has 0 saturated carbocycles. The molecule has 1 amide bonds. The molecule has 0 spiro atoms. The van der Waals surface area contributed by atoms with Crippen LogP contribution >= 0.6 is 0 Å². The number of hydrogen-bond acceptors (Lipinski definition) is 2. The number of fused-ring (bicyclic) bond motifs is 3. The Morgan fingerprint density at radius 3 is 2.77 bits per heavy atom. The molecule has 0 radical (unpaired) electrons. The Hall–Kier alpha value is -2.69. The quantitative estimate of drug-likeness (QED) is 0.751. The number of aromatic nitrogens is 2. The molecule has 0 unspecified atom stereocenters. The summed E-state index contributed by atoms with van der Waals surface area (Å²) in [7, 11) is 1.69. The summed E-state index contributed by atoms with van der Waals surface area (Å²) >= 11 is 0. The highest BCUT2D eigenvalue weighted by molar-refractivity contribution is 5.87. The minimum Gasteiger partial charge on any atom is -0.497 e. The summed E-state index contributed by atoms with van der Waals surface area (Å²) in [4.78, 5) is 16.2. The van der Waals surface area contributed by atoms with Crippen molar-refractivity contribution >= 4 is 16.8 Å². The van der Waals surface area contributed by atoms with Crippen LogP contribution in [0.1, 0.15) is 41.5 Å². The summed E-state index contributed by atoms with van der Waals surface area (Å²) in [6.45, 7) is 4.43. The van der Waals surface area contributed by atoms with E-state index in [0.717, 1.165) is 47.6 Å². The van der Waals surface area contributed by atoms with Crippen molar-refractivity contribution in [2.45, 2.75) is 45.7 Å². The summed E-state index contributed by atoms with van der Waals surface area (Å²) in [5, 5.41) is 4.44. The fourth-order valence-corrected chi connectivity index (χ4v) is 4.05. The molecule has 136 valence electrons. The first-order valence-electron chi connectivity index (χ1n) is 9.17. The number of nitrogens with one attached hydrogen (secondary N) is 2. The van der Waals surface area contributed by atoms with E-state index < -0.39 is 0 Å². The largest absolute Gasteiger partial charge is 0.497 e. The van der Waals surface area contributed by atoms with E-state index >= 15 is 0 Å². The van der Waals surface area contributed by atoms with Crippen LogP contribution in [0.2, 0.25) is 0 Å². The van der Waals surface area contributed by atoms with Gasteiger partial charge in [0.15, 0.2) is 0 Å². The third-order valence-electron chi connectivity index (χ3n) is 5.47. The van der Waals surface area contributed by atoms with E-state index in [2.05, 4.69) is 27.0 Å². The van der Waals surface area contributed by atoms with Crippen LogP contribution in [-0.2, 0) is 17.8 Å². The second-order valence-electron chi connectivity index (χ2n) is 7.14. The molecule has 1 aliphatic rings. The molecule has 5 nitrogen and oxygen atoms in total. The minimum absolute atomic E-state index is 0.0424. The van der Waals surface area contributed by atoms with Crippen molar-refractivity contribution in [2.24, 2.45) is 0 Å². The first-order chi connectivity index (χ1) is 12.6. The molecule has 0 aliphatic heterocycles. The van der Waals surface area contributed by atoms with Crippen LogP contribution in [0.4, 0.5) is 0 Å². The number of H-pyrrole nitrogens is 1. The molecule has 2 aromatic heterocycles. The van der Waals surface area contributed by atoms with Crippen LogP contribution in [0.15, 0.2) is 30.3 Å². The highest BCUT2D eigenvalue weighted by Gasteiger charge is 2.26. The normalized spacial score (nSPS) is 16.5. The molecule has 2 N–H and O–H groups in total. The van der Waals surface area contributed by atoms with Gasteiger partial charge in [0.2, 0.25) is 5.91 Å². The maximum atomic E-state index is 12.6. The molecule has 2 heterocycles. The Balaban J connectivity index is 1.59. The average molecular weight is 351 g/mol. The van der Waals surface area contributed by atoms with Crippen LogP contribution in [0.5, 0.6) is 5.75 Å². The smallest absolute Gasteiger partial charge is 0.240 e. The van der Waals surface area contributed by atoms with Crippen molar-refractivity contribution in [3.8, 4) is 5.75 Å². The van der Waals surface area contributed by atoms with E-state index in [4.69, 9.17) is 4.74 Å². The van der Waals surface area contributed by atoms with E-state index in [-0.39, 0.29) is 11.9 Å². The lowest BCUT2D eigenvalue weighted by Crippen LogP contribution is -2.33. The van der Waals surface area contributed by atoms with Crippen LogP contribution < -0.4 is 10.1 Å². The van der Waals surface area contributed by atoms with Crippen molar-refractivity contribution in [2.75, 3.05) is 7.11 Å². The molecule has 1 atom stereocenters. The van der Waals surface area contributed by atoms with Gasteiger partial charge in [0, 0.05) is 28.0 Å². The third-order valence-corrected chi connectivity index (χ3v) is 5.47. The fourth-order valence-electron chi connectivity index (χ4n) is 4.05. The predicted octanol–water partition coefficient (Wildman–Crippen LogP) is 3.79. The van der Waals surface area contributed by atoms with E-state index in [9.17, 15) is 4.79 Å². The minimum atomic E-state index is 0.0424. The molecular weight excluding hydrogens is 326 g/mol. The van der Waals surface area contributed by atoms with Gasteiger partial charge in [0.05, 0.1) is 13.2 Å². The number of aryl methyl sites for hydroxylation is 3. The van der Waals surface area contributed by atoms with Gasteiger partial charge in [0.1, 0.15) is 12.3 Å². The zero-order valence-corrected chi connectivity index (χ0v) is 15.6.